The van der Waals surface area contributed by atoms with Gasteiger partial charge in [0.05, 0.1) is 0 Å². The zero-order valence-corrected chi connectivity index (χ0v) is 14.1. The van der Waals surface area contributed by atoms with Gasteiger partial charge >= 0.3 is 0 Å². The molecule has 0 saturated heterocycles. The molecule has 114 valence electrons. The SMILES string of the molecule is CCN(CC(C)C)C(=O)c1sc(NC(C)(C)C)nc1N. The molecule has 5 nitrogen and oxygen atoms in total. The Morgan fingerprint density at radius 3 is 2.50 bits per heavy atom. The first kappa shape index (κ1) is 16.8. The summed E-state index contributed by atoms with van der Waals surface area (Å²) in [5, 5.41) is 3.95. The van der Waals surface area contributed by atoms with E-state index in [9.17, 15) is 4.79 Å². The van der Waals surface area contributed by atoms with Crippen LogP contribution in [0.1, 0.15) is 51.2 Å². The van der Waals surface area contributed by atoms with Gasteiger partial charge in [0.25, 0.3) is 5.91 Å². The minimum atomic E-state index is -0.104. The Morgan fingerprint density at radius 1 is 1.45 bits per heavy atom. The lowest BCUT2D eigenvalue weighted by molar-refractivity contribution is 0.0751. The number of carbonyl (C=O) groups is 1. The lowest BCUT2D eigenvalue weighted by atomic mass is 10.1. The van der Waals surface area contributed by atoms with E-state index in [1.807, 2.05) is 32.6 Å². The molecule has 1 rings (SSSR count). The van der Waals surface area contributed by atoms with Gasteiger partial charge in [-0.2, -0.15) is 0 Å². The average molecular weight is 298 g/mol. The number of rotatable bonds is 5. The van der Waals surface area contributed by atoms with Gasteiger partial charge in [0.15, 0.2) is 5.13 Å². The molecule has 0 aliphatic carbocycles. The van der Waals surface area contributed by atoms with Crippen molar-refractivity contribution in [3.05, 3.63) is 4.88 Å². The largest absolute Gasteiger partial charge is 0.382 e. The van der Waals surface area contributed by atoms with Gasteiger partial charge in [-0.1, -0.05) is 25.2 Å². The van der Waals surface area contributed by atoms with E-state index in [-0.39, 0.29) is 11.4 Å². The Bertz CT molecular complexity index is 462. The third-order valence-electron chi connectivity index (χ3n) is 2.58. The van der Waals surface area contributed by atoms with Crippen LogP contribution in [0.25, 0.3) is 0 Å². The van der Waals surface area contributed by atoms with Gasteiger partial charge in [-0.15, -0.1) is 0 Å². The summed E-state index contributed by atoms with van der Waals surface area (Å²) in [6.07, 6.45) is 0. The zero-order valence-electron chi connectivity index (χ0n) is 13.3. The molecular formula is C14H26N4OS. The first-order valence-corrected chi connectivity index (χ1v) is 7.79. The zero-order chi connectivity index (χ0) is 15.5. The number of nitrogens with one attached hydrogen (secondary N) is 1. The second-order valence-electron chi connectivity index (χ2n) is 6.35. The predicted molar refractivity (Wildman–Crippen MR) is 86.3 cm³/mol. The summed E-state index contributed by atoms with van der Waals surface area (Å²) in [6.45, 7) is 13.7. The maximum atomic E-state index is 12.5. The number of nitrogen functional groups attached to an aromatic ring is 1. The van der Waals surface area contributed by atoms with Gasteiger partial charge in [-0.25, -0.2) is 4.98 Å². The number of thiazole rings is 1. The summed E-state index contributed by atoms with van der Waals surface area (Å²) in [7, 11) is 0. The molecule has 0 atom stereocenters. The smallest absolute Gasteiger partial charge is 0.267 e. The normalized spacial score (nSPS) is 11.8. The summed E-state index contributed by atoms with van der Waals surface area (Å²) in [5.41, 5.74) is 5.79. The fourth-order valence-corrected chi connectivity index (χ4v) is 2.86. The third-order valence-corrected chi connectivity index (χ3v) is 3.56. The molecule has 0 unspecified atom stereocenters. The fourth-order valence-electron chi connectivity index (χ4n) is 1.80. The van der Waals surface area contributed by atoms with E-state index in [4.69, 9.17) is 5.73 Å². The molecule has 1 aromatic rings. The van der Waals surface area contributed by atoms with E-state index in [2.05, 4.69) is 24.1 Å². The highest BCUT2D eigenvalue weighted by Crippen LogP contribution is 2.28. The minimum absolute atomic E-state index is 0.0295. The van der Waals surface area contributed by atoms with Gasteiger partial charge in [0.2, 0.25) is 0 Å². The van der Waals surface area contributed by atoms with Crippen molar-refractivity contribution in [1.29, 1.82) is 0 Å². The highest BCUT2D eigenvalue weighted by Gasteiger charge is 2.23. The maximum absolute atomic E-state index is 12.5. The van der Waals surface area contributed by atoms with Crippen LogP contribution in [0.5, 0.6) is 0 Å². The van der Waals surface area contributed by atoms with Crippen molar-refractivity contribution in [2.75, 3.05) is 24.1 Å². The number of aromatic nitrogens is 1. The lowest BCUT2D eigenvalue weighted by Gasteiger charge is -2.22. The standard InChI is InChI=1S/C14H26N4OS/c1-7-18(8-9(2)3)12(19)10-11(15)16-13(20-10)17-14(4,5)6/h9H,7-8,15H2,1-6H3,(H,16,17). The summed E-state index contributed by atoms with van der Waals surface area (Å²) < 4.78 is 0. The molecular weight excluding hydrogens is 272 g/mol. The Kier molecular flexibility index (Phi) is 5.39. The van der Waals surface area contributed by atoms with Crippen LogP contribution in [0.4, 0.5) is 10.9 Å². The van der Waals surface area contributed by atoms with Gasteiger partial charge in [0.1, 0.15) is 10.7 Å². The van der Waals surface area contributed by atoms with Crippen LogP contribution in [-0.4, -0.2) is 34.4 Å². The summed E-state index contributed by atoms with van der Waals surface area (Å²) >= 11 is 1.33. The number of carbonyl (C=O) groups excluding carboxylic acids is 1. The number of amides is 1. The van der Waals surface area contributed by atoms with Gasteiger partial charge in [-0.3, -0.25) is 4.79 Å². The molecule has 0 radical (unpaired) electrons. The van der Waals surface area contributed by atoms with E-state index in [1.165, 1.54) is 11.3 Å². The van der Waals surface area contributed by atoms with E-state index < -0.39 is 0 Å². The minimum Gasteiger partial charge on any atom is -0.382 e. The highest BCUT2D eigenvalue weighted by molar-refractivity contribution is 7.18. The number of nitrogens with two attached hydrogens (primary N) is 1. The number of anilines is 2. The molecule has 1 amide bonds. The molecule has 0 spiro atoms. The van der Waals surface area contributed by atoms with Crippen molar-refractivity contribution in [1.82, 2.24) is 9.88 Å². The second kappa shape index (κ2) is 6.43. The Balaban J connectivity index is 2.93. The van der Waals surface area contributed by atoms with E-state index in [0.29, 0.717) is 28.3 Å². The van der Waals surface area contributed by atoms with E-state index in [0.717, 1.165) is 6.54 Å². The average Bonchev–Trinajstić information content (AvgIpc) is 2.63. The topological polar surface area (TPSA) is 71.2 Å². The molecule has 20 heavy (non-hydrogen) atoms. The van der Waals surface area contributed by atoms with Crippen molar-refractivity contribution >= 4 is 28.2 Å². The Labute approximate surface area is 125 Å². The molecule has 0 aliphatic heterocycles. The first-order valence-electron chi connectivity index (χ1n) is 6.97. The molecule has 3 N–H and O–H groups in total. The fraction of sp³-hybridized carbons (Fsp3) is 0.714. The summed E-state index contributed by atoms with van der Waals surface area (Å²) in [6, 6.07) is 0. The lowest BCUT2D eigenvalue weighted by Crippen LogP contribution is -2.33. The van der Waals surface area contributed by atoms with Crippen LogP contribution in [0.3, 0.4) is 0 Å². The van der Waals surface area contributed by atoms with Crippen molar-refractivity contribution in [2.24, 2.45) is 5.92 Å². The maximum Gasteiger partial charge on any atom is 0.267 e. The highest BCUT2D eigenvalue weighted by atomic mass is 32.1. The predicted octanol–water partition coefficient (Wildman–Crippen LogP) is 3.05. The van der Waals surface area contributed by atoms with Crippen LogP contribution in [-0.2, 0) is 0 Å². The molecule has 1 heterocycles. The summed E-state index contributed by atoms with van der Waals surface area (Å²) in [4.78, 5) is 19.1. The summed E-state index contributed by atoms with van der Waals surface area (Å²) in [5.74, 6) is 0.715. The van der Waals surface area contributed by atoms with E-state index in [1.54, 1.807) is 0 Å². The number of hydrogen-bond donors (Lipinski definition) is 2. The third kappa shape index (κ3) is 4.67. The Hall–Kier alpha value is -1.30. The number of hydrogen-bond acceptors (Lipinski definition) is 5. The molecule has 0 fully saturated rings. The van der Waals surface area contributed by atoms with Crippen LogP contribution in [0.15, 0.2) is 0 Å². The molecule has 0 saturated carbocycles. The Morgan fingerprint density at radius 2 is 2.05 bits per heavy atom. The van der Waals surface area contributed by atoms with Crippen molar-refractivity contribution in [3.8, 4) is 0 Å². The number of nitrogens with zero attached hydrogens (tertiary/aromatic N) is 2. The molecule has 6 heteroatoms. The van der Waals surface area contributed by atoms with Crippen molar-refractivity contribution < 1.29 is 4.79 Å². The van der Waals surface area contributed by atoms with E-state index >= 15 is 0 Å². The van der Waals surface area contributed by atoms with Crippen LogP contribution in [0.2, 0.25) is 0 Å². The van der Waals surface area contributed by atoms with Crippen molar-refractivity contribution in [2.45, 2.75) is 47.1 Å². The molecule has 0 aromatic carbocycles. The van der Waals surface area contributed by atoms with Gasteiger partial charge in [0, 0.05) is 18.6 Å². The van der Waals surface area contributed by atoms with Crippen molar-refractivity contribution in [3.63, 3.8) is 0 Å². The molecule has 0 bridgehead atoms. The van der Waals surface area contributed by atoms with Crippen LogP contribution >= 0.6 is 11.3 Å². The molecule has 0 aliphatic rings. The van der Waals surface area contributed by atoms with Crippen LogP contribution < -0.4 is 11.1 Å². The quantitative estimate of drug-likeness (QED) is 0.876. The first-order chi connectivity index (χ1) is 9.14. The second-order valence-corrected chi connectivity index (χ2v) is 7.35. The monoisotopic (exact) mass is 298 g/mol. The van der Waals surface area contributed by atoms with Gasteiger partial charge < -0.3 is 16.0 Å². The molecule has 1 aromatic heterocycles. The van der Waals surface area contributed by atoms with Crippen LogP contribution in [0, 0.1) is 5.92 Å². The van der Waals surface area contributed by atoms with Gasteiger partial charge in [-0.05, 0) is 33.6 Å².